The van der Waals surface area contributed by atoms with Crippen LogP contribution in [0.15, 0.2) is 121 Å². The van der Waals surface area contributed by atoms with E-state index in [0.717, 1.165) is 85.4 Å². The molecule has 0 saturated carbocycles. The summed E-state index contributed by atoms with van der Waals surface area (Å²) >= 11 is 0. The summed E-state index contributed by atoms with van der Waals surface area (Å²) in [5.41, 5.74) is 18.3. The van der Waals surface area contributed by atoms with Crippen LogP contribution >= 0.6 is 0 Å². The fourth-order valence-electron chi connectivity index (χ4n) is 10.4. The SMILES string of the molecule is CC(C)c1cnn2c(N[C@@H]3CCC4=C(C3)c3ccccc3C4)cc(-c3cncc(F)c3)nc12.CC(C)c1cnn2c(N[C@H]3CCC4=C(C3)c3ccccc3C4)cc(-c3cncc(F)c3)nc12. The van der Waals surface area contributed by atoms with Gasteiger partial charge in [0, 0.05) is 58.9 Å². The van der Waals surface area contributed by atoms with Crippen LogP contribution in [-0.2, 0) is 12.8 Å². The number of nitrogens with zero attached hydrogens (tertiary/aromatic N) is 8. The Bertz CT molecular complexity index is 3020. The van der Waals surface area contributed by atoms with Crippen LogP contribution in [0.25, 0.3) is 45.0 Å². The largest absolute Gasteiger partial charge is 0.367 e. The summed E-state index contributed by atoms with van der Waals surface area (Å²) in [4.78, 5) is 17.7. The van der Waals surface area contributed by atoms with Crippen LogP contribution in [0.5, 0.6) is 0 Å². The molecule has 4 aliphatic rings. The molecule has 0 aliphatic heterocycles. The van der Waals surface area contributed by atoms with Gasteiger partial charge in [-0.05, 0) is 109 Å². The van der Waals surface area contributed by atoms with E-state index in [0.29, 0.717) is 34.6 Å². The smallest absolute Gasteiger partial charge is 0.161 e. The van der Waals surface area contributed by atoms with Gasteiger partial charge in [-0.1, -0.05) is 87.4 Å². The van der Waals surface area contributed by atoms with E-state index in [-0.39, 0.29) is 23.5 Å². The Hall–Kier alpha value is -7.08. The van der Waals surface area contributed by atoms with Gasteiger partial charge in [-0.25, -0.2) is 18.7 Å². The van der Waals surface area contributed by atoms with E-state index in [9.17, 15) is 8.78 Å². The highest BCUT2D eigenvalue weighted by atomic mass is 19.1. The van der Waals surface area contributed by atoms with Crippen LogP contribution in [0.1, 0.15) is 111 Å². The molecule has 0 saturated heterocycles. The highest BCUT2D eigenvalue weighted by molar-refractivity contribution is 5.79. The summed E-state index contributed by atoms with van der Waals surface area (Å²) in [6.45, 7) is 8.54. The first-order valence-electron chi connectivity index (χ1n) is 23.2. The number of fused-ring (bicyclic) bond motifs is 6. The molecule has 10 nitrogen and oxygen atoms in total. The van der Waals surface area contributed by atoms with Crippen LogP contribution in [0.3, 0.4) is 0 Å². The van der Waals surface area contributed by atoms with Gasteiger partial charge in [0.15, 0.2) is 11.3 Å². The fraction of sp³-hybridized carbons (Fsp3) is 0.296. The summed E-state index contributed by atoms with van der Waals surface area (Å²) in [7, 11) is 0. The number of hydrogen-bond acceptors (Lipinski definition) is 8. The van der Waals surface area contributed by atoms with E-state index < -0.39 is 0 Å². The highest BCUT2D eigenvalue weighted by Gasteiger charge is 2.30. The third-order valence-electron chi connectivity index (χ3n) is 13.8. The van der Waals surface area contributed by atoms with Crippen molar-refractivity contribution in [2.75, 3.05) is 10.6 Å². The summed E-state index contributed by atoms with van der Waals surface area (Å²) in [6, 6.07) is 25.0. The Kier molecular flexibility index (Phi) is 10.7. The normalized spacial score (nSPS) is 17.5. The first kappa shape index (κ1) is 41.6. The summed E-state index contributed by atoms with van der Waals surface area (Å²) < 4.78 is 31.6. The second kappa shape index (κ2) is 17.0. The first-order valence-corrected chi connectivity index (χ1v) is 23.2. The third kappa shape index (κ3) is 7.81. The summed E-state index contributed by atoms with van der Waals surface area (Å²) in [5, 5.41) is 16.8. The lowest BCUT2D eigenvalue weighted by Crippen LogP contribution is -2.24. The maximum atomic E-state index is 13.9. The zero-order valence-electron chi connectivity index (χ0n) is 37.7. The van der Waals surface area contributed by atoms with Crippen molar-refractivity contribution in [3.63, 3.8) is 0 Å². The molecular formula is C54H52F2N10. The summed E-state index contributed by atoms with van der Waals surface area (Å²) in [6.07, 6.45) is 18.0. The minimum Gasteiger partial charge on any atom is -0.367 e. The van der Waals surface area contributed by atoms with Crippen molar-refractivity contribution in [3.05, 3.63) is 166 Å². The lowest BCUT2D eigenvalue weighted by Gasteiger charge is -2.26. The molecule has 4 aliphatic carbocycles. The molecule has 0 amide bonds. The van der Waals surface area contributed by atoms with Gasteiger partial charge in [0.1, 0.15) is 23.3 Å². The van der Waals surface area contributed by atoms with Crippen molar-refractivity contribution in [2.45, 2.75) is 103 Å². The maximum Gasteiger partial charge on any atom is 0.161 e. The fourth-order valence-corrected chi connectivity index (χ4v) is 10.4. The predicted molar refractivity (Wildman–Crippen MR) is 257 cm³/mol. The Morgan fingerprint density at radius 1 is 0.561 bits per heavy atom. The van der Waals surface area contributed by atoms with Crippen molar-refractivity contribution in [1.82, 2.24) is 39.2 Å². The number of anilines is 2. The zero-order chi connectivity index (χ0) is 45.1. The average Bonchev–Trinajstić information content (AvgIpc) is 4.12. The van der Waals surface area contributed by atoms with Crippen LogP contribution in [0.4, 0.5) is 20.4 Å². The van der Waals surface area contributed by atoms with Crippen molar-refractivity contribution in [2.24, 2.45) is 0 Å². The van der Waals surface area contributed by atoms with Gasteiger partial charge in [-0.3, -0.25) is 9.97 Å². The molecule has 6 heterocycles. The third-order valence-corrected chi connectivity index (χ3v) is 13.8. The molecule has 8 aromatic rings. The van der Waals surface area contributed by atoms with Crippen LogP contribution in [0, 0.1) is 11.6 Å². The van der Waals surface area contributed by atoms with Gasteiger partial charge in [0.25, 0.3) is 0 Å². The number of rotatable bonds is 8. The number of pyridine rings is 2. The van der Waals surface area contributed by atoms with Crippen molar-refractivity contribution in [3.8, 4) is 22.5 Å². The minimum atomic E-state index is -0.368. The van der Waals surface area contributed by atoms with E-state index in [4.69, 9.17) is 9.97 Å². The van der Waals surface area contributed by atoms with Crippen LogP contribution in [-0.4, -0.2) is 51.2 Å². The second-order valence-electron chi connectivity index (χ2n) is 18.8. The van der Waals surface area contributed by atoms with Crippen molar-refractivity contribution >= 4 is 34.1 Å². The quantitative estimate of drug-likeness (QED) is 0.155. The Balaban J connectivity index is 0.000000146. The number of aromatic nitrogens is 8. The van der Waals surface area contributed by atoms with Crippen LogP contribution < -0.4 is 10.6 Å². The molecule has 66 heavy (non-hydrogen) atoms. The molecule has 0 spiro atoms. The molecule has 0 bridgehead atoms. The van der Waals surface area contributed by atoms with Gasteiger partial charge in [0.05, 0.1) is 36.2 Å². The number of hydrogen-bond donors (Lipinski definition) is 2. The molecule has 2 aromatic carbocycles. The Morgan fingerprint density at radius 2 is 1.00 bits per heavy atom. The Labute approximate surface area is 383 Å². The zero-order valence-corrected chi connectivity index (χ0v) is 37.7. The topological polar surface area (TPSA) is 110 Å². The van der Waals surface area contributed by atoms with Gasteiger partial charge in [0.2, 0.25) is 0 Å². The molecular weight excluding hydrogens is 827 g/mol. The van der Waals surface area contributed by atoms with Crippen molar-refractivity contribution in [1.29, 1.82) is 0 Å². The van der Waals surface area contributed by atoms with Crippen molar-refractivity contribution < 1.29 is 8.78 Å². The lowest BCUT2D eigenvalue weighted by atomic mass is 9.88. The number of allylic oxidation sites excluding steroid dienone is 2. The van der Waals surface area contributed by atoms with E-state index in [1.165, 1.54) is 57.9 Å². The van der Waals surface area contributed by atoms with E-state index >= 15 is 0 Å². The van der Waals surface area contributed by atoms with Crippen LogP contribution in [0.2, 0.25) is 0 Å². The van der Waals surface area contributed by atoms with E-state index in [1.807, 2.05) is 33.6 Å². The lowest BCUT2D eigenvalue weighted by molar-refractivity contribution is 0.621. The molecule has 332 valence electrons. The number of halogens is 2. The molecule has 12 heteroatoms. The van der Waals surface area contributed by atoms with Gasteiger partial charge >= 0.3 is 0 Å². The summed E-state index contributed by atoms with van der Waals surface area (Å²) in [5.74, 6) is 1.58. The molecule has 6 aromatic heterocycles. The molecule has 0 unspecified atom stereocenters. The van der Waals surface area contributed by atoms with Gasteiger partial charge < -0.3 is 10.6 Å². The molecule has 0 fully saturated rings. The standard InChI is InChI=1S/2C27H26FN5/c2*1-16(2)24-15-30-33-26(12-25(32-27(24)33)19-10-20(28)14-29-13-19)31-21-8-7-18-9-17-5-3-4-6-22(17)23(18)11-21/h2*3-6,10,12-16,21,31H,7-9,11H2,1-2H3/t2*21-/m10/s1. The first-order chi connectivity index (χ1) is 32.1. The van der Waals surface area contributed by atoms with Gasteiger partial charge in [-0.2, -0.15) is 19.2 Å². The average molecular weight is 879 g/mol. The maximum absolute atomic E-state index is 13.9. The highest BCUT2D eigenvalue weighted by Crippen LogP contribution is 2.44. The predicted octanol–water partition coefficient (Wildman–Crippen LogP) is 12.1. The second-order valence-corrected chi connectivity index (χ2v) is 18.8. The minimum absolute atomic E-state index is 0.279. The molecule has 12 rings (SSSR count). The number of benzene rings is 2. The monoisotopic (exact) mass is 878 g/mol. The van der Waals surface area contributed by atoms with E-state index in [2.05, 4.69) is 107 Å². The Morgan fingerprint density at radius 3 is 1.42 bits per heavy atom. The van der Waals surface area contributed by atoms with Gasteiger partial charge in [-0.15, -0.1) is 0 Å². The molecule has 0 radical (unpaired) electrons. The number of nitrogens with one attached hydrogen (secondary N) is 2. The molecule has 2 atom stereocenters. The van der Waals surface area contributed by atoms with E-state index in [1.54, 1.807) is 23.5 Å². The molecule has 2 N–H and O–H groups in total.